The molecule has 2 aromatic carbocycles. The fourth-order valence-corrected chi connectivity index (χ4v) is 21.6. The van der Waals surface area contributed by atoms with Crippen molar-refractivity contribution in [1.29, 1.82) is 0 Å². The summed E-state index contributed by atoms with van der Waals surface area (Å²) in [7, 11) is -1.94. The number of carbonyl (C=O) groups is 1. The standard InChI is InChI=1S/C40H55IO7S2Si/c1-5-51(6-2,7-3)40(41)24-32-29(45-31-22-34(42)48-38(31)40)21-30-36(47-32)37(44-26-28-17-12-9-13-18-28)35(43-25-27-15-10-8-11-16-27)33(46-30)23-39(4)49-19-14-20-50-39/h8-13,15-18,29-33,35-38H,5-7,14,19-26H2,1-4H3/t29-,30+,31+,32+,33-,35-,36+,37+,38-,40+/m0/s1. The maximum atomic E-state index is 12.9. The number of esters is 1. The molecule has 2 aromatic rings. The fraction of sp³-hybridized carbons (Fsp3) is 0.675. The maximum absolute atomic E-state index is 12.9. The summed E-state index contributed by atoms with van der Waals surface area (Å²) in [5.41, 5.74) is 2.26. The number of alkyl halides is 1. The lowest BCUT2D eigenvalue weighted by Crippen LogP contribution is -2.66. The molecule has 280 valence electrons. The fourth-order valence-electron chi connectivity index (χ4n) is 9.41. The number of fused-ring (bicyclic) bond motifs is 3. The van der Waals surface area contributed by atoms with Gasteiger partial charge in [-0.15, -0.1) is 23.5 Å². The van der Waals surface area contributed by atoms with E-state index in [4.69, 9.17) is 28.4 Å². The smallest absolute Gasteiger partial charge is 0.308 e. The second kappa shape index (κ2) is 16.6. The number of hydrogen-bond donors (Lipinski definition) is 0. The summed E-state index contributed by atoms with van der Waals surface area (Å²) in [6, 6.07) is 24.2. The van der Waals surface area contributed by atoms with Crippen LogP contribution < -0.4 is 0 Å². The van der Waals surface area contributed by atoms with E-state index in [1.54, 1.807) is 0 Å². The Morgan fingerprint density at radius 3 is 2.02 bits per heavy atom. The zero-order chi connectivity index (χ0) is 35.6. The van der Waals surface area contributed by atoms with Crippen LogP contribution in [0.1, 0.15) is 70.9 Å². The van der Waals surface area contributed by atoms with Crippen LogP contribution in [0.4, 0.5) is 0 Å². The molecule has 0 radical (unpaired) electrons. The Hall–Kier alpha value is -0.643. The van der Waals surface area contributed by atoms with E-state index in [-0.39, 0.29) is 68.0 Å². The Kier molecular flexibility index (Phi) is 12.6. The SMILES string of the molecule is CC[Si](CC)(CC)[C@]1(I)C[C@H]2O[C@H]3[C@H](OCc4ccccc4)[C@@H](OCc4ccccc4)[C@H](CC4(C)SCCCS4)O[C@@H]3C[C@@H]2O[C@@H]2CC(=O)O[C@@H]21. The molecule has 0 aromatic heterocycles. The first-order chi connectivity index (χ1) is 24.7. The van der Waals surface area contributed by atoms with Gasteiger partial charge in [0.15, 0.2) is 0 Å². The van der Waals surface area contributed by atoms with Crippen molar-refractivity contribution in [3.05, 3.63) is 71.8 Å². The predicted octanol–water partition coefficient (Wildman–Crippen LogP) is 8.75. The van der Waals surface area contributed by atoms with E-state index in [1.165, 1.54) is 6.42 Å². The second-order valence-corrected chi connectivity index (χ2v) is 27.2. The second-order valence-electron chi connectivity index (χ2n) is 15.2. The summed E-state index contributed by atoms with van der Waals surface area (Å²) >= 11 is 6.80. The highest BCUT2D eigenvalue weighted by molar-refractivity contribution is 14.1. The normalized spacial score (nSPS) is 36.3. The van der Waals surface area contributed by atoms with Gasteiger partial charge in [-0.2, -0.15) is 0 Å². The molecule has 5 fully saturated rings. The molecular formula is C40H55IO7S2Si. The third-order valence-corrected chi connectivity index (χ3v) is 26.4. The van der Waals surface area contributed by atoms with Crippen LogP contribution in [0, 0.1) is 0 Å². The topological polar surface area (TPSA) is 72.5 Å². The molecule has 5 heterocycles. The highest BCUT2D eigenvalue weighted by atomic mass is 127. The van der Waals surface area contributed by atoms with Crippen LogP contribution in [0.3, 0.4) is 0 Å². The number of benzene rings is 2. The molecule has 7 nitrogen and oxygen atoms in total. The van der Waals surface area contributed by atoms with Crippen molar-refractivity contribution < 1.29 is 33.2 Å². The number of hydrogen-bond acceptors (Lipinski definition) is 9. The molecule has 5 aliphatic rings. The molecule has 51 heavy (non-hydrogen) atoms. The first-order valence-electron chi connectivity index (χ1n) is 19.1. The molecule has 5 aliphatic heterocycles. The van der Waals surface area contributed by atoms with E-state index < -0.39 is 8.07 Å². The van der Waals surface area contributed by atoms with Gasteiger partial charge in [-0.25, -0.2) is 0 Å². The monoisotopic (exact) mass is 866 g/mol. The van der Waals surface area contributed by atoms with Crippen molar-refractivity contribution in [2.75, 3.05) is 11.5 Å². The van der Waals surface area contributed by atoms with Crippen LogP contribution in [-0.4, -0.2) is 87.6 Å². The molecule has 0 saturated carbocycles. The van der Waals surface area contributed by atoms with Gasteiger partial charge < -0.3 is 28.4 Å². The van der Waals surface area contributed by atoms with Crippen molar-refractivity contribution in [3.63, 3.8) is 0 Å². The van der Waals surface area contributed by atoms with Gasteiger partial charge in [0.1, 0.15) is 30.5 Å². The largest absolute Gasteiger partial charge is 0.458 e. The van der Waals surface area contributed by atoms with Crippen LogP contribution in [-0.2, 0) is 46.4 Å². The average Bonchev–Trinajstić information content (AvgIpc) is 3.47. The summed E-state index contributed by atoms with van der Waals surface area (Å²) in [5.74, 6) is 2.18. The van der Waals surface area contributed by atoms with E-state index in [9.17, 15) is 4.79 Å². The molecule has 0 unspecified atom stereocenters. The molecule has 0 amide bonds. The van der Waals surface area contributed by atoms with Crippen molar-refractivity contribution in [2.45, 2.75) is 153 Å². The van der Waals surface area contributed by atoms with Gasteiger partial charge in [0, 0.05) is 6.42 Å². The van der Waals surface area contributed by atoms with E-state index in [0.717, 1.165) is 53.6 Å². The van der Waals surface area contributed by atoms with Crippen molar-refractivity contribution >= 4 is 60.2 Å². The van der Waals surface area contributed by atoms with Gasteiger partial charge in [0.2, 0.25) is 0 Å². The molecular weight excluding hydrogens is 812 g/mol. The van der Waals surface area contributed by atoms with Gasteiger partial charge in [0.05, 0.1) is 59.2 Å². The lowest BCUT2D eigenvalue weighted by molar-refractivity contribution is -0.304. The van der Waals surface area contributed by atoms with E-state index in [1.807, 2.05) is 35.7 Å². The Morgan fingerprint density at radius 2 is 1.41 bits per heavy atom. The number of halogens is 1. The zero-order valence-corrected chi connectivity index (χ0v) is 35.3. The summed E-state index contributed by atoms with van der Waals surface area (Å²) in [6.07, 6.45) is 1.64. The molecule has 0 bridgehead atoms. The molecule has 0 spiro atoms. The van der Waals surface area contributed by atoms with Crippen molar-refractivity contribution in [1.82, 2.24) is 0 Å². The quantitative estimate of drug-likeness (QED) is 0.0902. The zero-order valence-electron chi connectivity index (χ0n) is 30.5. The number of ether oxygens (including phenoxy) is 6. The first kappa shape index (κ1) is 38.6. The van der Waals surface area contributed by atoms with Crippen molar-refractivity contribution in [3.8, 4) is 0 Å². The van der Waals surface area contributed by atoms with Crippen molar-refractivity contribution in [2.24, 2.45) is 0 Å². The Morgan fingerprint density at radius 1 is 0.804 bits per heavy atom. The average molecular weight is 867 g/mol. The highest BCUT2D eigenvalue weighted by Gasteiger charge is 2.64. The van der Waals surface area contributed by atoms with Crippen LogP contribution in [0.2, 0.25) is 18.1 Å². The molecule has 0 N–H and O–H groups in total. The minimum absolute atomic E-state index is 0.0228. The lowest BCUT2D eigenvalue weighted by atomic mass is 9.85. The lowest BCUT2D eigenvalue weighted by Gasteiger charge is -2.53. The third kappa shape index (κ3) is 8.04. The van der Waals surface area contributed by atoms with Crippen LogP contribution in [0.15, 0.2) is 60.7 Å². The van der Waals surface area contributed by atoms with Gasteiger partial charge in [-0.05, 0) is 48.8 Å². The number of rotatable bonds is 12. The van der Waals surface area contributed by atoms with Gasteiger partial charge >= 0.3 is 5.97 Å². The summed E-state index contributed by atoms with van der Waals surface area (Å²) < 4.78 is 41.6. The third-order valence-electron chi connectivity index (χ3n) is 12.4. The van der Waals surface area contributed by atoms with Gasteiger partial charge in [-0.3, -0.25) is 4.79 Å². The molecule has 5 saturated heterocycles. The van der Waals surface area contributed by atoms with E-state index >= 15 is 0 Å². The van der Waals surface area contributed by atoms with E-state index in [2.05, 4.69) is 98.8 Å². The number of carbonyl (C=O) groups excluding carboxylic acids is 1. The van der Waals surface area contributed by atoms with Crippen LogP contribution in [0.25, 0.3) is 0 Å². The van der Waals surface area contributed by atoms with Crippen LogP contribution in [0.5, 0.6) is 0 Å². The van der Waals surface area contributed by atoms with Gasteiger partial charge in [-0.1, -0.05) is 122 Å². The summed E-state index contributed by atoms with van der Waals surface area (Å²) in [5, 5.41) is 0. The molecule has 7 rings (SSSR count). The molecule has 0 aliphatic carbocycles. The molecule has 11 heteroatoms. The maximum Gasteiger partial charge on any atom is 0.308 e. The predicted molar refractivity (Wildman–Crippen MR) is 216 cm³/mol. The Labute approximate surface area is 327 Å². The van der Waals surface area contributed by atoms with Crippen LogP contribution >= 0.6 is 46.1 Å². The summed E-state index contributed by atoms with van der Waals surface area (Å²) in [6.45, 7) is 10.3. The van der Waals surface area contributed by atoms with E-state index in [0.29, 0.717) is 26.1 Å². The Bertz CT molecular complexity index is 1440. The Balaban J connectivity index is 1.23. The van der Waals surface area contributed by atoms with Gasteiger partial charge in [0.25, 0.3) is 0 Å². The number of thioether (sulfide) groups is 2. The highest BCUT2D eigenvalue weighted by Crippen LogP contribution is 2.54. The minimum Gasteiger partial charge on any atom is -0.458 e. The first-order valence-corrected chi connectivity index (χ1v) is 24.8. The summed E-state index contributed by atoms with van der Waals surface area (Å²) in [4.78, 5) is 12.9. The minimum atomic E-state index is -1.94. The molecule has 10 atom stereocenters.